The largest absolute Gasteiger partial charge is 0.478 e. The lowest BCUT2D eigenvalue weighted by Gasteiger charge is -2.28. The van der Waals surface area contributed by atoms with E-state index in [4.69, 9.17) is 9.84 Å². The molecular weight excluding hydrogens is 272 g/mol. The standard InChI is InChI=1S/C15H20N2O4/c1-9-8-11(6-7-21-9)16-15(20)17-13-5-3-4-12(10(13)2)14(18)19/h3-5,9,11H,6-8H2,1-2H3,(H,18,19)(H2,16,17,20). The molecule has 1 aromatic rings. The van der Waals surface area contributed by atoms with E-state index in [9.17, 15) is 9.59 Å². The molecule has 2 unspecified atom stereocenters. The van der Waals surface area contributed by atoms with Gasteiger partial charge in [-0.05, 0) is 44.4 Å². The van der Waals surface area contributed by atoms with Gasteiger partial charge < -0.3 is 20.5 Å². The second-order valence-electron chi connectivity index (χ2n) is 5.28. The molecule has 114 valence electrons. The number of carboxylic acid groups (broad SMARTS) is 1. The second kappa shape index (κ2) is 6.58. The molecule has 1 fully saturated rings. The molecule has 6 nitrogen and oxygen atoms in total. The number of hydrogen-bond donors (Lipinski definition) is 3. The van der Waals surface area contributed by atoms with E-state index in [1.54, 1.807) is 19.1 Å². The van der Waals surface area contributed by atoms with E-state index in [0.29, 0.717) is 17.9 Å². The van der Waals surface area contributed by atoms with Gasteiger partial charge in [0.1, 0.15) is 0 Å². The summed E-state index contributed by atoms with van der Waals surface area (Å²) in [6, 6.07) is 4.58. The third-order valence-electron chi connectivity index (χ3n) is 3.63. The third-order valence-corrected chi connectivity index (χ3v) is 3.63. The van der Waals surface area contributed by atoms with Gasteiger partial charge in [-0.1, -0.05) is 6.07 Å². The first-order valence-electron chi connectivity index (χ1n) is 6.99. The minimum absolute atomic E-state index is 0.0803. The number of carboxylic acids is 1. The van der Waals surface area contributed by atoms with Crippen molar-refractivity contribution in [1.82, 2.24) is 5.32 Å². The Morgan fingerprint density at radius 1 is 1.38 bits per heavy atom. The lowest BCUT2D eigenvalue weighted by molar-refractivity contribution is 0.0157. The summed E-state index contributed by atoms with van der Waals surface area (Å²) < 4.78 is 5.43. The molecule has 0 aromatic heterocycles. The van der Waals surface area contributed by atoms with E-state index in [-0.39, 0.29) is 23.7 Å². The van der Waals surface area contributed by atoms with Crippen LogP contribution >= 0.6 is 0 Å². The Bertz CT molecular complexity index is 544. The third kappa shape index (κ3) is 3.95. The fourth-order valence-electron chi connectivity index (χ4n) is 2.48. The van der Waals surface area contributed by atoms with Crippen molar-refractivity contribution >= 4 is 17.7 Å². The summed E-state index contributed by atoms with van der Waals surface area (Å²) in [6.07, 6.45) is 1.70. The molecule has 3 N–H and O–H groups in total. The lowest BCUT2D eigenvalue weighted by atomic mass is 10.0. The number of urea groups is 1. The molecule has 6 heteroatoms. The average molecular weight is 292 g/mol. The van der Waals surface area contributed by atoms with Crippen LogP contribution in [0.25, 0.3) is 0 Å². The first-order valence-corrected chi connectivity index (χ1v) is 6.99. The number of carbonyl (C=O) groups excluding carboxylic acids is 1. The molecular formula is C15H20N2O4. The van der Waals surface area contributed by atoms with Gasteiger partial charge >= 0.3 is 12.0 Å². The van der Waals surface area contributed by atoms with Crippen LogP contribution in [0.2, 0.25) is 0 Å². The van der Waals surface area contributed by atoms with Crippen LogP contribution in [-0.2, 0) is 4.74 Å². The minimum atomic E-state index is -1.00. The van der Waals surface area contributed by atoms with E-state index in [2.05, 4.69) is 10.6 Å². The highest BCUT2D eigenvalue weighted by Crippen LogP contribution is 2.19. The van der Waals surface area contributed by atoms with Crippen molar-refractivity contribution in [3.63, 3.8) is 0 Å². The lowest BCUT2D eigenvalue weighted by Crippen LogP contribution is -2.43. The first-order chi connectivity index (χ1) is 9.97. The molecule has 21 heavy (non-hydrogen) atoms. The topological polar surface area (TPSA) is 87.7 Å². The molecule has 0 aliphatic carbocycles. The van der Waals surface area contributed by atoms with Crippen molar-refractivity contribution in [1.29, 1.82) is 0 Å². The maximum absolute atomic E-state index is 12.0. The molecule has 0 spiro atoms. The van der Waals surface area contributed by atoms with Crippen molar-refractivity contribution in [3.8, 4) is 0 Å². The van der Waals surface area contributed by atoms with Crippen LogP contribution in [0.3, 0.4) is 0 Å². The number of hydrogen-bond acceptors (Lipinski definition) is 3. The summed E-state index contributed by atoms with van der Waals surface area (Å²) in [5.74, 6) is -1.00. The van der Waals surface area contributed by atoms with E-state index in [0.717, 1.165) is 12.8 Å². The number of ether oxygens (including phenoxy) is 1. The van der Waals surface area contributed by atoms with Crippen molar-refractivity contribution in [2.24, 2.45) is 0 Å². The van der Waals surface area contributed by atoms with Crippen LogP contribution in [0.15, 0.2) is 18.2 Å². The van der Waals surface area contributed by atoms with Gasteiger partial charge in [0.05, 0.1) is 11.7 Å². The van der Waals surface area contributed by atoms with Gasteiger partial charge in [0.15, 0.2) is 0 Å². The van der Waals surface area contributed by atoms with Crippen LogP contribution < -0.4 is 10.6 Å². The van der Waals surface area contributed by atoms with E-state index < -0.39 is 5.97 Å². The number of anilines is 1. The zero-order chi connectivity index (χ0) is 15.4. The monoisotopic (exact) mass is 292 g/mol. The van der Waals surface area contributed by atoms with Crippen molar-refractivity contribution in [3.05, 3.63) is 29.3 Å². The smallest absolute Gasteiger partial charge is 0.336 e. The van der Waals surface area contributed by atoms with Crippen molar-refractivity contribution in [2.75, 3.05) is 11.9 Å². The van der Waals surface area contributed by atoms with Gasteiger partial charge in [-0.15, -0.1) is 0 Å². The van der Waals surface area contributed by atoms with Crippen LogP contribution in [-0.4, -0.2) is 35.9 Å². The van der Waals surface area contributed by atoms with Gasteiger partial charge in [0.25, 0.3) is 0 Å². The Morgan fingerprint density at radius 2 is 2.14 bits per heavy atom. The Hall–Kier alpha value is -2.08. The molecule has 1 aliphatic heterocycles. The SMILES string of the molecule is Cc1c(NC(=O)NC2CCOC(C)C2)cccc1C(=O)O. The van der Waals surface area contributed by atoms with Gasteiger partial charge in [0, 0.05) is 18.3 Å². The highest BCUT2D eigenvalue weighted by atomic mass is 16.5. The van der Waals surface area contributed by atoms with Gasteiger partial charge in [0.2, 0.25) is 0 Å². The number of amides is 2. The zero-order valence-corrected chi connectivity index (χ0v) is 12.2. The Morgan fingerprint density at radius 3 is 2.81 bits per heavy atom. The van der Waals surface area contributed by atoms with Crippen LogP contribution in [0.5, 0.6) is 0 Å². The molecule has 1 aromatic carbocycles. The quantitative estimate of drug-likeness (QED) is 0.798. The first kappa shape index (κ1) is 15.3. The maximum Gasteiger partial charge on any atom is 0.336 e. The fraction of sp³-hybridized carbons (Fsp3) is 0.467. The number of carbonyl (C=O) groups is 2. The molecule has 1 aliphatic rings. The number of rotatable bonds is 3. The average Bonchev–Trinajstić information content (AvgIpc) is 2.40. The molecule has 2 atom stereocenters. The van der Waals surface area contributed by atoms with Crippen LogP contribution in [0, 0.1) is 6.92 Å². The molecule has 0 bridgehead atoms. The van der Waals surface area contributed by atoms with Gasteiger partial charge in [-0.2, -0.15) is 0 Å². The summed E-state index contributed by atoms with van der Waals surface area (Å²) in [5, 5.41) is 14.7. The summed E-state index contributed by atoms with van der Waals surface area (Å²) in [7, 11) is 0. The zero-order valence-electron chi connectivity index (χ0n) is 12.2. The summed E-state index contributed by atoms with van der Waals surface area (Å²) in [5.41, 5.74) is 1.24. The number of nitrogens with one attached hydrogen (secondary N) is 2. The second-order valence-corrected chi connectivity index (χ2v) is 5.28. The van der Waals surface area contributed by atoms with E-state index >= 15 is 0 Å². The van der Waals surface area contributed by atoms with E-state index in [1.165, 1.54) is 6.07 Å². The molecule has 1 saturated heterocycles. The normalized spacial score (nSPS) is 21.6. The Labute approximate surface area is 123 Å². The molecule has 2 amide bonds. The van der Waals surface area contributed by atoms with Crippen LogP contribution in [0.4, 0.5) is 10.5 Å². The molecule has 2 rings (SSSR count). The molecule has 1 heterocycles. The van der Waals surface area contributed by atoms with Crippen LogP contribution in [0.1, 0.15) is 35.7 Å². The van der Waals surface area contributed by atoms with Gasteiger partial charge in [-0.3, -0.25) is 0 Å². The van der Waals surface area contributed by atoms with Crippen molar-refractivity contribution in [2.45, 2.75) is 38.8 Å². The fourth-order valence-corrected chi connectivity index (χ4v) is 2.48. The summed E-state index contributed by atoms with van der Waals surface area (Å²) in [6.45, 7) is 4.29. The van der Waals surface area contributed by atoms with Crippen molar-refractivity contribution < 1.29 is 19.4 Å². The molecule has 0 radical (unpaired) electrons. The Balaban J connectivity index is 1.99. The highest BCUT2D eigenvalue weighted by Gasteiger charge is 2.21. The predicted octanol–water partition coefficient (Wildman–Crippen LogP) is 2.38. The van der Waals surface area contributed by atoms with Gasteiger partial charge in [-0.25, -0.2) is 9.59 Å². The Kier molecular flexibility index (Phi) is 4.80. The number of benzene rings is 1. The summed E-state index contributed by atoms with van der Waals surface area (Å²) in [4.78, 5) is 23.1. The summed E-state index contributed by atoms with van der Waals surface area (Å²) >= 11 is 0. The number of aromatic carboxylic acids is 1. The highest BCUT2D eigenvalue weighted by molar-refractivity contribution is 5.95. The minimum Gasteiger partial charge on any atom is -0.478 e. The van der Waals surface area contributed by atoms with E-state index in [1.807, 2.05) is 6.92 Å². The molecule has 0 saturated carbocycles. The maximum atomic E-state index is 12.0. The predicted molar refractivity (Wildman–Crippen MR) is 78.7 cm³/mol.